The number of anilines is 1. The SMILES string of the molecule is C[C@H]1CCc2sc3ncnc(N4CCN(CCOC(c5ccccc5)c5ccccc5)CC4)c3c2C1. The van der Waals surface area contributed by atoms with Crippen molar-refractivity contribution in [1.82, 2.24) is 14.9 Å². The average Bonchev–Trinajstić information content (AvgIpc) is 3.30. The molecule has 1 saturated heterocycles. The van der Waals surface area contributed by atoms with Crippen molar-refractivity contribution in [1.29, 1.82) is 0 Å². The largest absolute Gasteiger partial charge is 0.367 e. The molecule has 2 aliphatic rings. The lowest BCUT2D eigenvalue weighted by Crippen LogP contribution is -2.47. The summed E-state index contributed by atoms with van der Waals surface area (Å²) in [5.41, 5.74) is 3.93. The summed E-state index contributed by atoms with van der Waals surface area (Å²) in [4.78, 5) is 17.1. The Kier molecular flexibility index (Phi) is 6.99. The second-order valence-corrected chi connectivity index (χ2v) is 11.2. The van der Waals surface area contributed by atoms with Crippen LogP contribution < -0.4 is 4.90 Å². The molecular weight excluding hydrogens is 464 g/mol. The van der Waals surface area contributed by atoms with Crippen LogP contribution in [0.1, 0.15) is 41.0 Å². The van der Waals surface area contributed by atoms with E-state index in [1.54, 1.807) is 6.33 Å². The first kappa shape index (κ1) is 23.6. The summed E-state index contributed by atoms with van der Waals surface area (Å²) in [6.45, 7) is 8.06. The molecular formula is C30H34N4OS. The lowest BCUT2D eigenvalue weighted by atomic mass is 9.88. The minimum Gasteiger partial charge on any atom is -0.367 e. The topological polar surface area (TPSA) is 41.5 Å². The van der Waals surface area contributed by atoms with Crippen molar-refractivity contribution in [3.05, 3.63) is 88.6 Å². The summed E-state index contributed by atoms with van der Waals surface area (Å²) in [5.74, 6) is 1.89. The maximum absolute atomic E-state index is 6.47. The molecule has 2 aromatic heterocycles. The Morgan fingerprint density at radius 1 is 0.944 bits per heavy atom. The van der Waals surface area contributed by atoms with Gasteiger partial charge in [-0.3, -0.25) is 4.90 Å². The zero-order chi connectivity index (χ0) is 24.3. The zero-order valence-electron chi connectivity index (χ0n) is 21.0. The maximum Gasteiger partial charge on any atom is 0.141 e. The quantitative estimate of drug-likeness (QED) is 0.325. The molecule has 1 fully saturated rings. The van der Waals surface area contributed by atoms with Gasteiger partial charge in [0.1, 0.15) is 23.1 Å². The Balaban J connectivity index is 1.09. The number of thiophene rings is 1. The highest BCUT2D eigenvalue weighted by atomic mass is 32.1. The molecule has 3 heterocycles. The van der Waals surface area contributed by atoms with Crippen LogP contribution >= 0.6 is 11.3 Å². The normalized spacial score (nSPS) is 18.6. The van der Waals surface area contributed by atoms with E-state index in [2.05, 4.69) is 82.4 Å². The number of aryl methyl sites for hydroxylation is 1. The molecule has 1 aliphatic carbocycles. The number of ether oxygens (including phenoxy) is 1. The van der Waals surface area contributed by atoms with Crippen LogP contribution in [-0.2, 0) is 17.6 Å². The van der Waals surface area contributed by atoms with Gasteiger partial charge in [-0.05, 0) is 41.9 Å². The van der Waals surface area contributed by atoms with Crippen LogP contribution in [0.2, 0.25) is 0 Å². The molecule has 0 saturated carbocycles. The molecule has 0 amide bonds. The summed E-state index contributed by atoms with van der Waals surface area (Å²) in [5, 5.41) is 1.33. The van der Waals surface area contributed by atoms with E-state index in [1.165, 1.54) is 44.6 Å². The summed E-state index contributed by atoms with van der Waals surface area (Å²) in [6.07, 6.45) is 5.37. The molecule has 4 aromatic rings. The van der Waals surface area contributed by atoms with Gasteiger partial charge in [0, 0.05) is 37.6 Å². The van der Waals surface area contributed by atoms with Gasteiger partial charge in [0.25, 0.3) is 0 Å². The predicted molar refractivity (Wildman–Crippen MR) is 148 cm³/mol. The number of aromatic nitrogens is 2. The smallest absolute Gasteiger partial charge is 0.141 e. The van der Waals surface area contributed by atoms with Crippen molar-refractivity contribution >= 4 is 27.4 Å². The van der Waals surface area contributed by atoms with Crippen molar-refractivity contribution in [2.75, 3.05) is 44.2 Å². The first-order valence-corrected chi connectivity index (χ1v) is 14.0. The maximum atomic E-state index is 6.47. The van der Waals surface area contributed by atoms with E-state index in [1.807, 2.05) is 11.3 Å². The summed E-state index contributed by atoms with van der Waals surface area (Å²) < 4.78 is 6.47. The van der Waals surface area contributed by atoms with Gasteiger partial charge in [-0.15, -0.1) is 11.3 Å². The minimum absolute atomic E-state index is 0.0323. The number of hydrogen-bond acceptors (Lipinski definition) is 6. The third kappa shape index (κ3) is 4.90. The van der Waals surface area contributed by atoms with Crippen LogP contribution in [0.3, 0.4) is 0 Å². The number of piperazine rings is 1. The summed E-state index contributed by atoms with van der Waals surface area (Å²) in [6, 6.07) is 21.1. The highest BCUT2D eigenvalue weighted by Crippen LogP contribution is 2.40. The number of rotatable bonds is 7. The monoisotopic (exact) mass is 498 g/mol. The van der Waals surface area contributed by atoms with E-state index in [0.717, 1.165) is 50.9 Å². The average molecular weight is 499 g/mol. The summed E-state index contributed by atoms with van der Waals surface area (Å²) >= 11 is 1.89. The number of hydrogen-bond donors (Lipinski definition) is 0. The third-order valence-corrected chi connectivity index (χ3v) is 8.84. The predicted octanol–water partition coefficient (Wildman–Crippen LogP) is 5.74. The molecule has 6 rings (SSSR count). The van der Waals surface area contributed by atoms with E-state index >= 15 is 0 Å². The molecule has 0 radical (unpaired) electrons. The van der Waals surface area contributed by atoms with Gasteiger partial charge in [0.15, 0.2) is 0 Å². The molecule has 0 unspecified atom stereocenters. The second kappa shape index (κ2) is 10.7. The molecule has 36 heavy (non-hydrogen) atoms. The van der Waals surface area contributed by atoms with Crippen molar-refractivity contribution in [2.24, 2.45) is 5.92 Å². The molecule has 0 bridgehead atoms. The van der Waals surface area contributed by atoms with Crippen molar-refractivity contribution in [3.8, 4) is 0 Å². The van der Waals surface area contributed by atoms with Crippen LogP contribution in [0.4, 0.5) is 5.82 Å². The molecule has 6 heteroatoms. The minimum atomic E-state index is -0.0323. The van der Waals surface area contributed by atoms with E-state index in [0.29, 0.717) is 6.61 Å². The fourth-order valence-corrected chi connectivity index (χ4v) is 6.81. The lowest BCUT2D eigenvalue weighted by Gasteiger charge is -2.36. The third-order valence-electron chi connectivity index (χ3n) is 7.64. The van der Waals surface area contributed by atoms with Gasteiger partial charge in [-0.25, -0.2) is 9.97 Å². The number of nitrogens with zero attached hydrogens (tertiary/aromatic N) is 4. The lowest BCUT2D eigenvalue weighted by molar-refractivity contribution is 0.0586. The highest BCUT2D eigenvalue weighted by Gasteiger charge is 2.27. The fraction of sp³-hybridized carbons (Fsp3) is 0.400. The zero-order valence-corrected chi connectivity index (χ0v) is 21.8. The molecule has 186 valence electrons. The standard InChI is InChI=1S/C30H34N4OS/c1-22-12-13-26-25(20-22)27-29(31-21-32-30(27)36-26)34-16-14-33(15-17-34)18-19-35-28(23-8-4-2-5-9-23)24-10-6-3-7-11-24/h2-11,21-22,28H,12-20H2,1H3/t22-/m0/s1. The van der Waals surface area contributed by atoms with Crippen molar-refractivity contribution < 1.29 is 4.74 Å². The van der Waals surface area contributed by atoms with Gasteiger partial charge in [0.05, 0.1) is 12.0 Å². The van der Waals surface area contributed by atoms with Gasteiger partial charge in [-0.2, -0.15) is 0 Å². The van der Waals surface area contributed by atoms with E-state index in [4.69, 9.17) is 9.72 Å². The number of benzene rings is 2. The van der Waals surface area contributed by atoms with Gasteiger partial charge in [0.2, 0.25) is 0 Å². The van der Waals surface area contributed by atoms with Crippen molar-refractivity contribution in [2.45, 2.75) is 32.3 Å². The van der Waals surface area contributed by atoms with Crippen LogP contribution in [0, 0.1) is 5.92 Å². The molecule has 1 atom stereocenters. The van der Waals surface area contributed by atoms with Crippen molar-refractivity contribution in [3.63, 3.8) is 0 Å². The Bertz CT molecular complexity index is 1250. The van der Waals surface area contributed by atoms with Gasteiger partial charge in [-0.1, -0.05) is 67.6 Å². The van der Waals surface area contributed by atoms with Crippen LogP contribution in [0.5, 0.6) is 0 Å². The Hall–Kier alpha value is -2.80. The van der Waals surface area contributed by atoms with Gasteiger partial charge >= 0.3 is 0 Å². The second-order valence-electron chi connectivity index (χ2n) is 10.1. The van der Waals surface area contributed by atoms with Crippen LogP contribution in [0.15, 0.2) is 67.0 Å². The Morgan fingerprint density at radius 3 is 2.33 bits per heavy atom. The molecule has 5 nitrogen and oxygen atoms in total. The molecule has 0 N–H and O–H groups in total. The highest BCUT2D eigenvalue weighted by molar-refractivity contribution is 7.19. The summed E-state index contributed by atoms with van der Waals surface area (Å²) in [7, 11) is 0. The van der Waals surface area contributed by atoms with E-state index < -0.39 is 0 Å². The fourth-order valence-electron chi connectivity index (χ4n) is 5.63. The van der Waals surface area contributed by atoms with Crippen LogP contribution in [-0.4, -0.2) is 54.2 Å². The van der Waals surface area contributed by atoms with Gasteiger partial charge < -0.3 is 9.64 Å². The first-order valence-electron chi connectivity index (χ1n) is 13.2. The van der Waals surface area contributed by atoms with E-state index in [-0.39, 0.29) is 6.10 Å². The van der Waals surface area contributed by atoms with Crippen LogP contribution in [0.25, 0.3) is 10.2 Å². The number of fused-ring (bicyclic) bond motifs is 3. The Morgan fingerprint density at radius 2 is 1.64 bits per heavy atom. The Labute approximate surface area is 217 Å². The molecule has 0 spiro atoms. The first-order chi connectivity index (χ1) is 17.8. The van der Waals surface area contributed by atoms with E-state index in [9.17, 15) is 0 Å². The molecule has 2 aromatic carbocycles. The molecule has 1 aliphatic heterocycles.